The number of aromatic nitrogens is 2. The minimum atomic E-state index is -3.67. The zero-order valence-electron chi connectivity index (χ0n) is 16.1. The molecule has 30 heavy (non-hydrogen) atoms. The Morgan fingerprint density at radius 2 is 1.57 bits per heavy atom. The van der Waals surface area contributed by atoms with Crippen LogP contribution in [0.5, 0.6) is 0 Å². The minimum Gasteiger partial charge on any atom is -0.407 e. The SMILES string of the molecule is CC(C)S(=O)(=O)c1ccc(C(=O)Nc2nnc(CS(=O)(=O)c3ccccc3)o2)cc1. The molecule has 1 N–H and O–H groups in total. The molecular weight excluding hydrogens is 430 g/mol. The predicted molar refractivity (Wildman–Crippen MR) is 108 cm³/mol. The van der Waals surface area contributed by atoms with Crippen LogP contribution in [0, 0.1) is 0 Å². The summed E-state index contributed by atoms with van der Waals surface area (Å²) in [6, 6.07) is 13.0. The van der Waals surface area contributed by atoms with E-state index in [9.17, 15) is 21.6 Å². The standard InChI is InChI=1S/C19H19N3O6S2/c1-13(2)30(26,27)16-10-8-14(9-11-16)18(23)20-19-22-21-17(28-19)12-29(24,25)15-6-4-3-5-7-15/h3-11,13H,12H2,1-2H3,(H,20,22,23). The average molecular weight is 450 g/mol. The summed E-state index contributed by atoms with van der Waals surface area (Å²) < 4.78 is 54.2. The van der Waals surface area contributed by atoms with Crippen LogP contribution in [0.15, 0.2) is 68.8 Å². The van der Waals surface area contributed by atoms with Gasteiger partial charge in [-0.05, 0) is 50.2 Å². The first-order valence-electron chi connectivity index (χ1n) is 8.85. The number of rotatable bonds is 7. The van der Waals surface area contributed by atoms with Gasteiger partial charge in [0.25, 0.3) is 5.91 Å². The Kier molecular flexibility index (Phi) is 6.04. The van der Waals surface area contributed by atoms with E-state index in [0.29, 0.717) is 0 Å². The lowest BCUT2D eigenvalue weighted by atomic mass is 10.2. The zero-order valence-corrected chi connectivity index (χ0v) is 17.8. The van der Waals surface area contributed by atoms with Crippen molar-refractivity contribution in [3.63, 3.8) is 0 Å². The van der Waals surface area contributed by atoms with Crippen LogP contribution >= 0.6 is 0 Å². The zero-order chi connectivity index (χ0) is 21.9. The number of anilines is 1. The van der Waals surface area contributed by atoms with Crippen molar-refractivity contribution in [3.05, 3.63) is 66.1 Å². The van der Waals surface area contributed by atoms with Crippen molar-refractivity contribution >= 4 is 31.6 Å². The second-order valence-corrected chi connectivity index (χ2v) is 11.1. The van der Waals surface area contributed by atoms with E-state index in [2.05, 4.69) is 15.5 Å². The fourth-order valence-corrected chi connectivity index (χ4v) is 4.71. The van der Waals surface area contributed by atoms with Crippen LogP contribution in [-0.2, 0) is 25.4 Å². The van der Waals surface area contributed by atoms with Crippen LogP contribution in [-0.4, -0.2) is 38.2 Å². The minimum absolute atomic E-state index is 0.111. The van der Waals surface area contributed by atoms with Crippen LogP contribution < -0.4 is 5.32 Å². The summed E-state index contributed by atoms with van der Waals surface area (Å²) in [6.07, 6.45) is 0. The summed E-state index contributed by atoms with van der Waals surface area (Å²) >= 11 is 0. The van der Waals surface area contributed by atoms with E-state index in [1.807, 2.05) is 0 Å². The second kappa shape index (κ2) is 8.36. The number of hydrogen-bond acceptors (Lipinski definition) is 8. The molecule has 0 spiro atoms. The maximum Gasteiger partial charge on any atom is 0.322 e. The lowest BCUT2D eigenvalue weighted by molar-refractivity contribution is 0.102. The van der Waals surface area contributed by atoms with Gasteiger partial charge in [-0.2, -0.15) is 0 Å². The molecule has 0 unspecified atom stereocenters. The molecule has 11 heteroatoms. The van der Waals surface area contributed by atoms with Crippen molar-refractivity contribution in [3.8, 4) is 0 Å². The lowest BCUT2D eigenvalue weighted by Gasteiger charge is -2.08. The molecule has 0 fully saturated rings. The first kappa shape index (κ1) is 21.7. The molecular formula is C19H19N3O6S2. The van der Waals surface area contributed by atoms with Crippen molar-refractivity contribution in [2.24, 2.45) is 0 Å². The molecule has 1 aromatic heterocycles. The van der Waals surface area contributed by atoms with E-state index in [4.69, 9.17) is 4.42 Å². The molecule has 9 nitrogen and oxygen atoms in total. The van der Waals surface area contributed by atoms with Crippen molar-refractivity contribution in [1.29, 1.82) is 0 Å². The van der Waals surface area contributed by atoms with Gasteiger partial charge in [0.1, 0.15) is 5.75 Å². The Labute approximate surface area is 174 Å². The van der Waals surface area contributed by atoms with E-state index in [0.717, 1.165) is 0 Å². The molecule has 1 amide bonds. The van der Waals surface area contributed by atoms with E-state index >= 15 is 0 Å². The Morgan fingerprint density at radius 3 is 2.17 bits per heavy atom. The highest BCUT2D eigenvalue weighted by atomic mass is 32.2. The lowest BCUT2D eigenvalue weighted by Crippen LogP contribution is -2.15. The summed E-state index contributed by atoms with van der Waals surface area (Å²) in [5.74, 6) is -1.29. The molecule has 3 aromatic rings. The summed E-state index contributed by atoms with van der Waals surface area (Å²) in [6.45, 7) is 3.14. The third-order valence-corrected chi connectivity index (χ3v) is 7.96. The number of nitrogens with zero attached hydrogens (tertiary/aromatic N) is 2. The monoisotopic (exact) mass is 449 g/mol. The third kappa shape index (κ3) is 4.74. The van der Waals surface area contributed by atoms with Gasteiger partial charge >= 0.3 is 6.01 Å². The van der Waals surface area contributed by atoms with Gasteiger partial charge in [-0.1, -0.05) is 23.3 Å². The fourth-order valence-electron chi connectivity index (χ4n) is 2.47. The maximum atomic E-state index is 12.4. The Balaban J connectivity index is 1.69. The Bertz CT molecular complexity index is 1250. The summed E-state index contributed by atoms with van der Waals surface area (Å²) in [7, 11) is -7.12. The molecule has 0 radical (unpaired) electrons. The van der Waals surface area contributed by atoms with Crippen molar-refractivity contribution < 1.29 is 26.0 Å². The molecule has 0 aliphatic heterocycles. The highest BCUT2D eigenvalue weighted by molar-refractivity contribution is 7.92. The van der Waals surface area contributed by atoms with Crippen LogP contribution in [0.2, 0.25) is 0 Å². The number of amides is 1. The molecule has 0 saturated carbocycles. The molecule has 1 heterocycles. The van der Waals surface area contributed by atoms with Crippen LogP contribution in [0.4, 0.5) is 6.01 Å². The topological polar surface area (TPSA) is 136 Å². The molecule has 0 bridgehead atoms. The Morgan fingerprint density at radius 1 is 0.933 bits per heavy atom. The fraction of sp³-hybridized carbons (Fsp3) is 0.211. The van der Waals surface area contributed by atoms with Crippen LogP contribution in [0.3, 0.4) is 0 Å². The normalized spacial score (nSPS) is 12.1. The largest absolute Gasteiger partial charge is 0.407 e. The molecule has 2 aromatic carbocycles. The molecule has 158 valence electrons. The summed E-state index contributed by atoms with van der Waals surface area (Å²) in [4.78, 5) is 12.5. The molecule has 0 saturated heterocycles. The second-order valence-electron chi connectivity index (χ2n) is 6.65. The highest BCUT2D eigenvalue weighted by Crippen LogP contribution is 2.19. The van der Waals surface area contributed by atoms with E-state index in [1.54, 1.807) is 32.0 Å². The van der Waals surface area contributed by atoms with Gasteiger partial charge in [0.05, 0.1) is 15.0 Å². The number of nitrogens with one attached hydrogen (secondary N) is 1. The predicted octanol–water partition coefficient (Wildman–Crippen LogP) is 2.48. The van der Waals surface area contributed by atoms with Gasteiger partial charge < -0.3 is 4.42 Å². The van der Waals surface area contributed by atoms with E-state index < -0.39 is 36.6 Å². The van der Waals surface area contributed by atoms with Gasteiger partial charge in [-0.3, -0.25) is 10.1 Å². The van der Waals surface area contributed by atoms with Gasteiger partial charge in [0, 0.05) is 5.56 Å². The molecule has 0 aliphatic rings. The molecule has 0 atom stereocenters. The molecule has 3 rings (SSSR count). The van der Waals surface area contributed by atoms with Gasteiger partial charge in [0.15, 0.2) is 19.7 Å². The Hall–Kier alpha value is -3.05. The maximum absolute atomic E-state index is 12.4. The number of carbonyl (C=O) groups excluding carboxylic acids is 1. The van der Waals surface area contributed by atoms with Crippen LogP contribution in [0.25, 0.3) is 0 Å². The van der Waals surface area contributed by atoms with Crippen molar-refractivity contribution in [2.45, 2.75) is 34.6 Å². The van der Waals surface area contributed by atoms with Crippen molar-refractivity contribution in [2.75, 3.05) is 5.32 Å². The van der Waals surface area contributed by atoms with E-state index in [1.165, 1.54) is 36.4 Å². The van der Waals surface area contributed by atoms with Gasteiger partial charge in [0.2, 0.25) is 5.89 Å². The number of sulfone groups is 2. The first-order chi connectivity index (χ1) is 14.1. The smallest absolute Gasteiger partial charge is 0.322 e. The summed E-state index contributed by atoms with van der Waals surface area (Å²) in [5, 5.41) is 9.06. The van der Waals surface area contributed by atoms with E-state index in [-0.39, 0.29) is 27.3 Å². The van der Waals surface area contributed by atoms with Gasteiger partial charge in [-0.15, -0.1) is 5.10 Å². The number of hydrogen-bond donors (Lipinski definition) is 1. The van der Waals surface area contributed by atoms with Gasteiger partial charge in [-0.25, -0.2) is 16.8 Å². The van der Waals surface area contributed by atoms with Crippen LogP contribution in [0.1, 0.15) is 30.1 Å². The molecule has 0 aliphatic carbocycles. The quantitative estimate of drug-likeness (QED) is 0.581. The third-order valence-electron chi connectivity index (χ3n) is 4.17. The van der Waals surface area contributed by atoms with Crippen molar-refractivity contribution in [1.82, 2.24) is 10.2 Å². The first-order valence-corrected chi connectivity index (χ1v) is 12.0. The summed E-state index contributed by atoms with van der Waals surface area (Å²) in [5.41, 5.74) is 0.175. The number of benzene rings is 2. The number of carbonyl (C=O) groups is 1. The highest BCUT2D eigenvalue weighted by Gasteiger charge is 2.21. The average Bonchev–Trinajstić information content (AvgIpc) is 3.14.